The molecule has 3 amide bonds. The predicted octanol–water partition coefficient (Wildman–Crippen LogP) is 3.61. The van der Waals surface area contributed by atoms with Crippen molar-refractivity contribution in [3.8, 4) is 5.75 Å². The van der Waals surface area contributed by atoms with E-state index in [2.05, 4.69) is 10.1 Å². The van der Waals surface area contributed by atoms with Gasteiger partial charge in [0.2, 0.25) is 0 Å². The summed E-state index contributed by atoms with van der Waals surface area (Å²) in [6.45, 7) is 3.14. The van der Waals surface area contributed by atoms with Crippen molar-refractivity contribution >= 4 is 46.5 Å². The van der Waals surface area contributed by atoms with Crippen LogP contribution in [0.5, 0.6) is 5.75 Å². The van der Waals surface area contributed by atoms with Crippen molar-refractivity contribution in [1.82, 2.24) is 4.90 Å². The van der Waals surface area contributed by atoms with Crippen LogP contribution in [0, 0.1) is 6.92 Å². The maximum atomic E-state index is 12.7. The van der Waals surface area contributed by atoms with E-state index in [1.54, 1.807) is 36.4 Å². The molecule has 32 heavy (non-hydrogen) atoms. The lowest BCUT2D eigenvalue weighted by molar-refractivity contribution is -0.148. The Morgan fingerprint density at radius 1 is 1.12 bits per heavy atom. The number of nitrogens with zero attached hydrogens (tertiary/aromatic N) is 1. The average molecular weight is 455 g/mol. The van der Waals surface area contributed by atoms with Crippen LogP contribution >= 0.6 is 11.8 Å². The van der Waals surface area contributed by atoms with E-state index in [0.29, 0.717) is 17.0 Å². The zero-order valence-electron chi connectivity index (χ0n) is 17.8. The number of imide groups is 1. The number of carbonyl (C=O) groups is 4. The molecule has 0 aliphatic carbocycles. The summed E-state index contributed by atoms with van der Waals surface area (Å²) in [6.07, 6.45) is 1.50. The van der Waals surface area contributed by atoms with Crippen LogP contribution in [0.3, 0.4) is 0 Å². The predicted molar refractivity (Wildman–Crippen MR) is 121 cm³/mol. The molecule has 0 radical (unpaired) electrons. The molecule has 9 heteroatoms. The average Bonchev–Trinajstić information content (AvgIpc) is 3.06. The number of aryl methyl sites for hydroxylation is 1. The van der Waals surface area contributed by atoms with Crippen LogP contribution in [0.1, 0.15) is 18.1 Å². The number of ether oxygens (including phenoxy) is 2. The van der Waals surface area contributed by atoms with Gasteiger partial charge in [0.25, 0.3) is 17.1 Å². The summed E-state index contributed by atoms with van der Waals surface area (Å²) in [4.78, 5) is 50.0. The van der Waals surface area contributed by atoms with Gasteiger partial charge in [0, 0.05) is 11.3 Å². The largest absolute Gasteiger partial charge is 0.483 e. The van der Waals surface area contributed by atoms with Gasteiger partial charge in [-0.1, -0.05) is 35.9 Å². The van der Waals surface area contributed by atoms with Gasteiger partial charge in [-0.2, -0.15) is 0 Å². The first-order valence-corrected chi connectivity index (χ1v) is 10.5. The van der Waals surface area contributed by atoms with Crippen LogP contribution < -0.4 is 10.1 Å². The van der Waals surface area contributed by atoms with Gasteiger partial charge in [-0.3, -0.25) is 19.3 Å². The Morgan fingerprint density at radius 3 is 2.50 bits per heavy atom. The zero-order chi connectivity index (χ0) is 23.3. The van der Waals surface area contributed by atoms with Gasteiger partial charge in [0.15, 0.2) is 6.61 Å². The molecule has 166 valence electrons. The van der Waals surface area contributed by atoms with E-state index in [1.807, 2.05) is 19.1 Å². The van der Waals surface area contributed by atoms with Crippen molar-refractivity contribution < 1.29 is 28.7 Å². The second-order valence-corrected chi connectivity index (χ2v) is 7.98. The fourth-order valence-corrected chi connectivity index (χ4v) is 3.84. The van der Waals surface area contributed by atoms with E-state index >= 15 is 0 Å². The molecule has 1 atom stereocenters. The van der Waals surface area contributed by atoms with E-state index in [0.717, 1.165) is 22.2 Å². The van der Waals surface area contributed by atoms with Crippen molar-refractivity contribution in [2.75, 3.05) is 19.0 Å². The van der Waals surface area contributed by atoms with Crippen molar-refractivity contribution in [2.45, 2.75) is 19.9 Å². The summed E-state index contributed by atoms with van der Waals surface area (Å²) in [5, 5.41) is 2.19. The topological polar surface area (TPSA) is 102 Å². The molecule has 1 unspecified atom stereocenters. The molecule has 1 aliphatic rings. The van der Waals surface area contributed by atoms with Gasteiger partial charge >= 0.3 is 5.97 Å². The molecule has 2 aromatic carbocycles. The lowest BCUT2D eigenvalue weighted by Gasteiger charge is -2.18. The molecule has 1 heterocycles. The second-order valence-electron chi connectivity index (χ2n) is 6.99. The fraction of sp³-hybridized carbons (Fsp3) is 0.217. The normalized spacial score (nSPS) is 15.6. The highest BCUT2D eigenvalue weighted by molar-refractivity contribution is 8.18. The lowest BCUT2D eigenvalue weighted by atomic mass is 10.1. The molecule has 1 N–H and O–H groups in total. The van der Waals surface area contributed by atoms with Gasteiger partial charge in [0.05, 0.1) is 12.0 Å². The highest BCUT2D eigenvalue weighted by atomic mass is 32.2. The van der Waals surface area contributed by atoms with Crippen LogP contribution in [-0.2, 0) is 19.1 Å². The number of anilines is 1. The molecule has 0 saturated carbocycles. The number of amides is 3. The number of esters is 1. The highest BCUT2D eigenvalue weighted by Gasteiger charge is 2.41. The number of carbonyl (C=O) groups excluding carboxylic acids is 4. The molecule has 1 fully saturated rings. The molecule has 3 rings (SSSR count). The Balaban J connectivity index is 1.71. The van der Waals surface area contributed by atoms with Crippen LogP contribution in [-0.4, -0.2) is 47.7 Å². The van der Waals surface area contributed by atoms with Gasteiger partial charge in [-0.15, -0.1) is 0 Å². The minimum absolute atomic E-state index is 0.144. The standard InChI is InChI=1S/C23H22N2O6S/c1-14-8-10-17(11-9-14)24-20(26)13-31-18-7-5-4-6-16(18)12-19-21(27)25(23(29)32-19)15(2)22(28)30-3/h4-12,15H,13H2,1-3H3,(H,24,26). The molecule has 1 saturated heterocycles. The summed E-state index contributed by atoms with van der Waals surface area (Å²) in [7, 11) is 1.19. The quantitative estimate of drug-likeness (QED) is 0.504. The Labute approximate surface area is 189 Å². The van der Waals surface area contributed by atoms with Crippen LogP contribution in [0.4, 0.5) is 10.5 Å². The number of hydrogen-bond donors (Lipinski definition) is 1. The summed E-state index contributed by atoms with van der Waals surface area (Å²) in [5.41, 5.74) is 2.26. The fourth-order valence-electron chi connectivity index (χ4n) is 2.94. The number of methoxy groups -OCH3 is 1. The van der Waals surface area contributed by atoms with Crippen LogP contribution in [0.15, 0.2) is 53.4 Å². The maximum absolute atomic E-state index is 12.7. The molecular weight excluding hydrogens is 432 g/mol. The van der Waals surface area contributed by atoms with Crippen LogP contribution in [0.2, 0.25) is 0 Å². The van der Waals surface area contributed by atoms with Gasteiger partial charge in [-0.25, -0.2) is 4.79 Å². The molecule has 8 nitrogen and oxygen atoms in total. The summed E-state index contributed by atoms with van der Waals surface area (Å²) in [5.74, 6) is -1.24. The number of para-hydroxylation sites is 1. The first kappa shape index (κ1) is 23.1. The molecule has 2 aromatic rings. The molecular formula is C23H22N2O6S. The molecule has 1 aliphatic heterocycles. The highest BCUT2D eigenvalue weighted by Crippen LogP contribution is 2.35. The van der Waals surface area contributed by atoms with E-state index < -0.39 is 23.2 Å². The second kappa shape index (κ2) is 10.1. The van der Waals surface area contributed by atoms with Crippen molar-refractivity contribution in [3.63, 3.8) is 0 Å². The minimum Gasteiger partial charge on any atom is -0.483 e. The third kappa shape index (κ3) is 5.36. The Morgan fingerprint density at radius 2 is 1.81 bits per heavy atom. The number of hydrogen-bond acceptors (Lipinski definition) is 7. The summed E-state index contributed by atoms with van der Waals surface area (Å²) in [6, 6.07) is 13.2. The number of thioether (sulfide) groups is 1. The van der Waals surface area contributed by atoms with E-state index in [9.17, 15) is 19.2 Å². The molecule has 0 spiro atoms. The Bertz CT molecular complexity index is 1080. The number of rotatable bonds is 7. The maximum Gasteiger partial charge on any atom is 0.328 e. The molecule has 0 aromatic heterocycles. The summed E-state index contributed by atoms with van der Waals surface area (Å²) < 4.78 is 10.3. The molecule has 0 bridgehead atoms. The van der Waals surface area contributed by atoms with Crippen molar-refractivity contribution in [3.05, 3.63) is 64.6 Å². The Kier molecular flexibility index (Phi) is 7.32. The number of benzene rings is 2. The summed E-state index contributed by atoms with van der Waals surface area (Å²) >= 11 is 0.725. The lowest BCUT2D eigenvalue weighted by Crippen LogP contribution is -2.42. The third-order valence-electron chi connectivity index (χ3n) is 4.65. The van der Waals surface area contributed by atoms with Gasteiger partial charge in [-0.05, 0) is 49.9 Å². The number of nitrogens with one attached hydrogen (secondary N) is 1. The first-order chi connectivity index (χ1) is 15.3. The third-order valence-corrected chi connectivity index (χ3v) is 5.54. The van der Waals surface area contributed by atoms with E-state index in [-0.39, 0.29) is 17.4 Å². The minimum atomic E-state index is -1.03. The zero-order valence-corrected chi connectivity index (χ0v) is 18.6. The van der Waals surface area contributed by atoms with E-state index in [4.69, 9.17) is 4.74 Å². The van der Waals surface area contributed by atoms with Crippen molar-refractivity contribution in [1.29, 1.82) is 0 Å². The monoisotopic (exact) mass is 454 g/mol. The van der Waals surface area contributed by atoms with Gasteiger partial charge < -0.3 is 14.8 Å². The smallest absolute Gasteiger partial charge is 0.328 e. The SMILES string of the molecule is COC(=O)C(C)N1C(=O)SC(=Cc2ccccc2OCC(=O)Nc2ccc(C)cc2)C1=O. The van der Waals surface area contributed by atoms with Gasteiger partial charge in [0.1, 0.15) is 11.8 Å². The van der Waals surface area contributed by atoms with Crippen molar-refractivity contribution in [2.24, 2.45) is 0 Å². The van der Waals surface area contributed by atoms with Crippen LogP contribution in [0.25, 0.3) is 6.08 Å². The van der Waals surface area contributed by atoms with E-state index in [1.165, 1.54) is 20.1 Å². The Hall–Kier alpha value is -3.59. The first-order valence-electron chi connectivity index (χ1n) is 9.73.